The van der Waals surface area contributed by atoms with Gasteiger partial charge in [-0.15, -0.1) is 24.8 Å². The number of benzene rings is 1. The molecule has 1 atom stereocenters. The molecule has 0 aliphatic carbocycles. The van der Waals surface area contributed by atoms with Gasteiger partial charge >= 0.3 is 0 Å². The van der Waals surface area contributed by atoms with Crippen LogP contribution in [0.2, 0.25) is 10.0 Å². The number of hydrogen-bond acceptors (Lipinski definition) is 2. The van der Waals surface area contributed by atoms with Gasteiger partial charge in [0.05, 0.1) is 10.0 Å². The van der Waals surface area contributed by atoms with Crippen molar-refractivity contribution in [2.75, 3.05) is 26.2 Å². The molecule has 1 N–H and O–H groups in total. The molecule has 0 spiro atoms. The number of nitrogens with one attached hydrogen (secondary N) is 1. The Bertz CT molecular complexity index is 420. The minimum atomic E-state index is 0. The summed E-state index contributed by atoms with van der Waals surface area (Å²) in [4.78, 5) is 2.52. The number of rotatable bonds is 4. The minimum absolute atomic E-state index is 0. The standard InChI is InChI=1S/C15H22Cl2N2.2ClH/c1-11(2)10-14(19-8-6-18-7-9-19)12-4-3-5-13(16)15(12)17;;/h3-5,11,14,18H,6-10H2,1-2H3;2*1H/t14-;;/m1../s1. The molecular weight excluding hydrogens is 350 g/mol. The molecule has 0 radical (unpaired) electrons. The van der Waals surface area contributed by atoms with Crippen molar-refractivity contribution in [1.82, 2.24) is 10.2 Å². The Hall–Kier alpha value is 0.300. The van der Waals surface area contributed by atoms with Crippen molar-refractivity contribution >= 4 is 48.0 Å². The molecular formula is C15H24Cl4N2. The lowest BCUT2D eigenvalue weighted by atomic mass is 9.95. The van der Waals surface area contributed by atoms with E-state index >= 15 is 0 Å². The monoisotopic (exact) mass is 372 g/mol. The molecule has 122 valence electrons. The average molecular weight is 374 g/mol. The molecule has 1 saturated heterocycles. The third-order valence-electron chi connectivity index (χ3n) is 3.63. The molecule has 1 heterocycles. The van der Waals surface area contributed by atoms with E-state index in [0.717, 1.165) is 32.6 Å². The van der Waals surface area contributed by atoms with Crippen molar-refractivity contribution < 1.29 is 0 Å². The number of hydrogen-bond donors (Lipinski definition) is 1. The molecule has 1 aliphatic heterocycles. The molecule has 0 bridgehead atoms. The molecule has 0 amide bonds. The predicted molar refractivity (Wildman–Crippen MR) is 97.6 cm³/mol. The van der Waals surface area contributed by atoms with Gasteiger partial charge in [-0.1, -0.05) is 49.2 Å². The Morgan fingerprint density at radius 3 is 2.33 bits per heavy atom. The highest BCUT2D eigenvalue weighted by Gasteiger charge is 2.25. The summed E-state index contributed by atoms with van der Waals surface area (Å²) in [5.41, 5.74) is 1.17. The second kappa shape index (κ2) is 10.1. The van der Waals surface area contributed by atoms with Gasteiger partial charge in [-0.05, 0) is 24.0 Å². The van der Waals surface area contributed by atoms with Crippen LogP contribution in [0, 0.1) is 5.92 Å². The maximum absolute atomic E-state index is 6.42. The average Bonchev–Trinajstić information content (AvgIpc) is 2.40. The minimum Gasteiger partial charge on any atom is -0.314 e. The summed E-state index contributed by atoms with van der Waals surface area (Å²) in [5, 5.41) is 4.77. The van der Waals surface area contributed by atoms with Crippen molar-refractivity contribution in [3.8, 4) is 0 Å². The van der Waals surface area contributed by atoms with Crippen LogP contribution >= 0.6 is 48.0 Å². The molecule has 1 aromatic rings. The normalized spacial score (nSPS) is 17.0. The highest BCUT2D eigenvalue weighted by atomic mass is 35.5. The Balaban J connectivity index is 0.00000200. The molecule has 1 aromatic carbocycles. The topological polar surface area (TPSA) is 15.3 Å². The summed E-state index contributed by atoms with van der Waals surface area (Å²) in [6.07, 6.45) is 1.11. The predicted octanol–water partition coefficient (Wildman–Crippen LogP) is 4.83. The first kappa shape index (κ1) is 21.3. The molecule has 6 heteroatoms. The lowest BCUT2D eigenvalue weighted by Gasteiger charge is -2.36. The zero-order valence-electron chi connectivity index (χ0n) is 12.4. The van der Waals surface area contributed by atoms with Crippen molar-refractivity contribution in [3.05, 3.63) is 33.8 Å². The maximum Gasteiger partial charge on any atom is 0.0640 e. The van der Waals surface area contributed by atoms with Gasteiger partial charge in [0.1, 0.15) is 0 Å². The van der Waals surface area contributed by atoms with Crippen LogP contribution in [0.5, 0.6) is 0 Å². The van der Waals surface area contributed by atoms with E-state index in [1.54, 1.807) is 0 Å². The number of halogens is 4. The first-order valence-electron chi connectivity index (χ1n) is 6.98. The fourth-order valence-electron chi connectivity index (χ4n) is 2.69. The first-order valence-corrected chi connectivity index (χ1v) is 7.74. The Morgan fingerprint density at radius 2 is 1.76 bits per heavy atom. The van der Waals surface area contributed by atoms with E-state index in [-0.39, 0.29) is 24.8 Å². The van der Waals surface area contributed by atoms with E-state index in [1.165, 1.54) is 5.56 Å². The van der Waals surface area contributed by atoms with Crippen LogP contribution in [0.25, 0.3) is 0 Å². The van der Waals surface area contributed by atoms with Crippen LogP contribution in [0.3, 0.4) is 0 Å². The first-order chi connectivity index (χ1) is 9.09. The van der Waals surface area contributed by atoms with Crippen molar-refractivity contribution in [2.24, 2.45) is 5.92 Å². The van der Waals surface area contributed by atoms with Crippen LogP contribution in [0.4, 0.5) is 0 Å². The second-order valence-corrected chi connectivity index (χ2v) is 6.36. The van der Waals surface area contributed by atoms with Crippen LogP contribution < -0.4 is 5.32 Å². The van der Waals surface area contributed by atoms with E-state index in [2.05, 4.69) is 30.1 Å². The SMILES string of the molecule is CC(C)C[C@H](c1cccc(Cl)c1Cl)N1CCNCC1.Cl.Cl. The van der Waals surface area contributed by atoms with Crippen LogP contribution in [-0.2, 0) is 0 Å². The largest absolute Gasteiger partial charge is 0.314 e. The van der Waals surface area contributed by atoms with Gasteiger partial charge in [0.25, 0.3) is 0 Å². The van der Waals surface area contributed by atoms with Gasteiger partial charge < -0.3 is 5.32 Å². The highest BCUT2D eigenvalue weighted by Crippen LogP contribution is 2.36. The molecule has 2 rings (SSSR count). The van der Waals surface area contributed by atoms with Crippen LogP contribution in [-0.4, -0.2) is 31.1 Å². The molecule has 1 aliphatic rings. The van der Waals surface area contributed by atoms with Gasteiger partial charge in [0.2, 0.25) is 0 Å². The Labute approximate surface area is 150 Å². The van der Waals surface area contributed by atoms with Gasteiger partial charge in [0, 0.05) is 32.2 Å². The van der Waals surface area contributed by atoms with Crippen molar-refractivity contribution in [3.63, 3.8) is 0 Å². The van der Waals surface area contributed by atoms with Gasteiger partial charge in [-0.3, -0.25) is 4.90 Å². The molecule has 1 fully saturated rings. The second-order valence-electron chi connectivity index (χ2n) is 5.57. The lowest BCUT2D eigenvalue weighted by molar-refractivity contribution is 0.154. The molecule has 0 aromatic heterocycles. The fraction of sp³-hybridized carbons (Fsp3) is 0.600. The highest BCUT2D eigenvalue weighted by molar-refractivity contribution is 6.42. The third kappa shape index (κ3) is 5.78. The van der Waals surface area contributed by atoms with Crippen molar-refractivity contribution in [1.29, 1.82) is 0 Å². The van der Waals surface area contributed by atoms with Crippen LogP contribution in [0.1, 0.15) is 31.9 Å². The molecule has 0 saturated carbocycles. The summed E-state index contributed by atoms with van der Waals surface area (Å²) in [7, 11) is 0. The quantitative estimate of drug-likeness (QED) is 0.812. The van der Waals surface area contributed by atoms with E-state index in [9.17, 15) is 0 Å². The molecule has 0 unspecified atom stereocenters. The lowest BCUT2D eigenvalue weighted by Crippen LogP contribution is -2.45. The summed E-state index contributed by atoms with van der Waals surface area (Å²) in [6.45, 7) is 8.75. The van der Waals surface area contributed by atoms with Gasteiger partial charge in [0.15, 0.2) is 0 Å². The number of piperazine rings is 1. The third-order valence-corrected chi connectivity index (χ3v) is 4.46. The van der Waals surface area contributed by atoms with E-state index in [4.69, 9.17) is 23.2 Å². The summed E-state index contributed by atoms with van der Waals surface area (Å²) < 4.78 is 0. The zero-order valence-corrected chi connectivity index (χ0v) is 15.6. The number of nitrogens with zero attached hydrogens (tertiary/aromatic N) is 1. The summed E-state index contributed by atoms with van der Waals surface area (Å²) in [5.74, 6) is 0.634. The van der Waals surface area contributed by atoms with Crippen LogP contribution in [0.15, 0.2) is 18.2 Å². The van der Waals surface area contributed by atoms with Gasteiger partial charge in [-0.25, -0.2) is 0 Å². The summed E-state index contributed by atoms with van der Waals surface area (Å²) in [6, 6.07) is 6.34. The van der Waals surface area contributed by atoms with E-state index < -0.39 is 0 Å². The maximum atomic E-state index is 6.42. The van der Waals surface area contributed by atoms with Gasteiger partial charge in [-0.2, -0.15) is 0 Å². The smallest absolute Gasteiger partial charge is 0.0640 e. The summed E-state index contributed by atoms with van der Waals surface area (Å²) >= 11 is 12.6. The fourth-order valence-corrected chi connectivity index (χ4v) is 3.12. The Kier molecular flexibility index (Phi) is 10.3. The molecule has 21 heavy (non-hydrogen) atoms. The zero-order chi connectivity index (χ0) is 13.8. The van der Waals surface area contributed by atoms with Crippen molar-refractivity contribution in [2.45, 2.75) is 26.3 Å². The Morgan fingerprint density at radius 1 is 1.14 bits per heavy atom. The van der Waals surface area contributed by atoms with E-state index in [0.29, 0.717) is 22.0 Å². The van der Waals surface area contributed by atoms with E-state index in [1.807, 2.05) is 12.1 Å². The molecule has 2 nitrogen and oxygen atoms in total.